The van der Waals surface area contributed by atoms with E-state index in [0.29, 0.717) is 18.9 Å². The third-order valence-corrected chi connectivity index (χ3v) is 11.0. The van der Waals surface area contributed by atoms with Gasteiger partial charge < -0.3 is 24.1 Å². The third-order valence-electron chi connectivity index (χ3n) is 10.0. The maximum Gasteiger partial charge on any atom is 0.227 e. The number of alkyl halides is 1. The number of rotatable bonds is 0. The highest BCUT2D eigenvalue weighted by Crippen LogP contribution is 2.74. The Balaban J connectivity index is 1.48. The topological polar surface area (TPSA) is 57.2 Å². The predicted octanol–water partition coefficient (Wildman–Crippen LogP) is 4.14. The van der Waals surface area contributed by atoms with Crippen LogP contribution in [0.25, 0.3) is 0 Å². The van der Waals surface area contributed by atoms with Crippen molar-refractivity contribution in [1.29, 1.82) is 0 Å². The third kappa shape index (κ3) is 1.96. The summed E-state index contributed by atoms with van der Waals surface area (Å²) in [5, 5.41) is 11.8. The fraction of sp³-hybridized carbons (Fsp3) is 0.833. The predicted molar refractivity (Wildman–Crippen MR) is 112 cm³/mol. The second-order valence-electron chi connectivity index (χ2n) is 10.9. The minimum absolute atomic E-state index is 0.197. The first kappa shape index (κ1) is 20.2. The molecule has 6 heteroatoms. The van der Waals surface area contributed by atoms with E-state index in [2.05, 4.69) is 39.0 Å². The number of halogens is 1. The molecule has 2 heterocycles. The van der Waals surface area contributed by atoms with Crippen molar-refractivity contribution < 1.29 is 24.1 Å². The average Bonchev–Trinajstić information content (AvgIpc) is 3.39. The number of hydrogen-bond donors (Lipinski definition) is 1. The van der Waals surface area contributed by atoms with Crippen LogP contribution < -0.4 is 0 Å². The smallest absolute Gasteiger partial charge is 0.227 e. The standard InChI is InChI=1S/C24H33ClO5/c1-15-10-18-17-8-7-16-6-4-5-9-20(16,2)23(17,25)19(26)11-21(18,3)24(15)22(29-14-30-24)12-27-13-28-22/h5-6,9,15,17-19,26H,4,7-8,10-14H2,1-3H3/t15-,17-,18-,19-,20-,21-,22?,23-,24+/m0/s1. The molecule has 0 aromatic rings. The zero-order chi connectivity index (χ0) is 21.0. The molecule has 5 nitrogen and oxygen atoms in total. The van der Waals surface area contributed by atoms with Gasteiger partial charge in [0.25, 0.3) is 0 Å². The minimum atomic E-state index is -0.893. The van der Waals surface area contributed by atoms with Gasteiger partial charge in [-0.1, -0.05) is 44.6 Å². The Morgan fingerprint density at radius 3 is 2.70 bits per heavy atom. The molecule has 0 aromatic carbocycles. The zero-order valence-electron chi connectivity index (χ0n) is 18.2. The van der Waals surface area contributed by atoms with Gasteiger partial charge in [-0.25, -0.2) is 0 Å². The minimum Gasteiger partial charge on any atom is -0.391 e. The van der Waals surface area contributed by atoms with Crippen LogP contribution in [-0.4, -0.2) is 47.7 Å². The summed E-state index contributed by atoms with van der Waals surface area (Å²) in [4.78, 5) is -0.705. The Morgan fingerprint density at radius 1 is 1.13 bits per heavy atom. The van der Waals surface area contributed by atoms with Crippen LogP contribution >= 0.6 is 11.6 Å². The lowest BCUT2D eigenvalue weighted by Crippen LogP contribution is -2.71. The first-order valence-corrected chi connectivity index (χ1v) is 11.9. The van der Waals surface area contributed by atoms with Crippen molar-refractivity contribution >= 4 is 11.6 Å². The Morgan fingerprint density at radius 2 is 1.93 bits per heavy atom. The van der Waals surface area contributed by atoms with Crippen LogP contribution in [0.4, 0.5) is 0 Å². The van der Waals surface area contributed by atoms with E-state index in [1.165, 1.54) is 5.57 Å². The normalized spacial score (nSPS) is 59.3. The second kappa shape index (κ2) is 6.12. The van der Waals surface area contributed by atoms with Gasteiger partial charge in [-0.3, -0.25) is 0 Å². The van der Waals surface area contributed by atoms with Crippen molar-refractivity contribution in [2.75, 3.05) is 20.2 Å². The largest absolute Gasteiger partial charge is 0.391 e. The number of hydrogen-bond acceptors (Lipinski definition) is 5. The van der Waals surface area contributed by atoms with Crippen LogP contribution in [0.15, 0.2) is 23.8 Å². The molecule has 6 rings (SSSR count). The van der Waals surface area contributed by atoms with Crippen molar-refractivity contribution in [3.63, 3.8) is 0 Å². The first-order valence-electron chi connectivity index (χ1n) is 11.5. The molecule has 30 heavy (non-hydrogen) atoms. The Hall–Kier alpha value is -0.430. The summed E-state index contributed by atoms with van der Waals surface area (Å²) in [5.41, 5.74) is 0.131. The Bertz CT molecular complexity index is 815. The molecule has 0 aromatic heterocycles. The highest BCUT2D eigenvalue weighted by atomic mass is 35.5. The molecule has 1 N–H and O–H groups in total. The lowest BCUT2D eigenvalue weighted by Gasteiger charge is -2.64. The molecule has 0 amide bonds. The van der Waals surface area contributed by atoms with E-state index in [4.69, 9.17) is 30.5 Å². The lowest BCUT2D eigenvalue weighted by molar-refractivity contribution is -0.264. The summed E-state index contributed by atoms with van der Waals surface area (Å²) < 4.78 is 24.4. The number of ether oxygens (including phenoxy) is 4. The van der Waals surface area contributed by atoms with Gasteiger partial charge in [-0.2, -0.15) is 0 Å². The quantitative estimate of drug-likeness (QED) is 0.457. The molecular formula is C24H33ClO5. The number of aliphatic hydroxyl groups excluding tert-OH is 1. The van der Waals surface area contributed by atoms with Gasteiger partial charge in [-0.05, 0) is 49.9 Å². The lowest BCUT2D eigenvalue weighted by atomic mass is 9.45. The van der Waals surface area contributed by atoms with Gasteiger partial charge >= 0.3 is 0 Å². The highest BCUT2D eigenvalue weighted by molar-refractivity contribution is 6.26. The average molecular weight is 437 g/mol. The maximum atomic E-state index is 11.8. The summed E-state index contributed by atoms with van der Waals surface area (Å²) in [6.07, 6.45) is 10.7. The molecule has 9 atom stereocenters. The first-order chi connectivity index (χ1) is 14.3. The fourth-order valence-electron chi connectivity index (χ4n) is 8.87. The van der Waals surface area contributed by atoms with Crippen LogP contribution in [0, 0.1) is 28.6 Å². The van der Waals surface area contributed by atoms with E-state index in [0.717, 1.165) is 25.7 Å². The maximum absolute atomic E-state index is 11.8. The molecule has 0 bridgehead atoms. The summed E-state index contributed by atoms with van der Waals surface area (Å²) in [6.45, 7) is 7.57. The molecule has 0 radical (unpaired) electrons. The van der Waals surface area contributed by atoms with Crippen LogP contribution in [0.3, 0.4) is 0 Å². The Kier molecular flexibility index (Phi) is 4.12. The van der Waals surface area contributed by atoms with Crippen molar-refractivity contribution in [3.05, 3.63) is 23.8 Å². The molecule has 5 fully saturated rings. The Labute approximate surface area is 183 Å². The van der Waals surface area contributed by atoms with Gasteiger partial charge in [0.2, 0.25) is 5.79 Å². The summed E-state index contributed by atoms with van der Waals surface area (Å²) in [6, 6.07) is 0. The summed E-state index contributed by atoms with van der Waals surface area (Å²) >= 11 is 7.59. The molecule has 2 saturated heterocycles. The van der Waals surface area contributed by atoms with E-state index >= 15 is 0 Å². The summed E-state index contributed by atoms with van der Waals surface area (Å²) in [5.74, 6) is -0.154. The van der Waals surface area contributed by atoms with Crippen LogP contribution in [0.2, 0.25) is 0 Å². The monoisotopic (exact) mass is 436 g/mol. The van der Waals surface area contributed by atoms with E-state index < -0.39 is 22.4 Å². The van der Waals surface area contributed by atoms with Crippen molar-refractivity contribution in [2.24, 2.45) is 28.6 Å². The van der Waals surface area contributed by atoms with E-state index in [9.17, 15) is 5.11 Å². The van der Waals surface area contributed by atoms with E-state index in [1.807, 2.05) is 0 Å². The van der Waals surface area contributed by atoms with E-state index in [1.54, 1.807) is 0 Å². The van der Waals surface area contributed by atoms with Crippen molar-refractivity contribution in [1.82, 2.24) is 0 Å². The van der Waals surface area contributed by atoms with Crippen molar-refractivity contribution in [2.45, 2.75) is 75.2 Å². The molecule has 166 valence electrons. The van der Waals surface area contributed by atoms with Gasteiger partial charge in [0.05, 0.1) is 11.0 Å². The van der Waals surface area contributed by atoms with Gasteiger partial charge in [0.15, 0.2) is 13.6 Å². The number of allylic oxidation sites excluding steroid dienone is 4. The molecule has 2 aliphatic heterocycles. The van der Waals surface area contributed by atoms with Gasteiger partial charge in [0, 0.05) is 10.8 Å². The highest BCUT2D eigenvalue weighted by Gasteiger charge is 2.80. The second-order valence-corrected chi connectivity index (χ2v) is 11.5. The van der Waals surface area contributed by atoms with Crippen molar-refractivity contribution in [3.8, 4) is 0 Å². The van der Waals surface area contributed by atoms with E-state index in [-0.39, 0.29) is 36.3 Å². The molecule has 2 spiro atoms. The number of aliphatic hydroxyl groups is 1. The number of fused-ring (bicyclic) bond motifs is 7. The van der Waals surface area contributed by atoms with Gasteiger partial charge in [-0.15, -0.1) is 11.6 Å². The fourth-order valence-corrected chi connectivity index (χ4v) is 9.40. The zero-order valence-corrected chi connectivity index (χ0v) is 18.9. The van der Waals surface area contributed by atoms with Crippen LogP contribution in [-0.2, 0) is 18.9 Å². The molecule has 1 unspecified atom stereocenters. The molecule has 3 saturated carbocycles. The van der Waals surface area contributed by atoms with Crippen LogP contribution in [0.1, 0.15) is 52.9 Å². The molecule has 4 aliphatic carbocycles. The summed E-state index contributed by atoms with van der Waals surface area (Å²) in [7, 11) is 0. The SMILES string of the molecule is C[C@H]1C[C@H]2[C@@H]3CCC4=CCC=C[C@]4(C)[C@@]3(Cl)[C@@H](O)C[C@]2(C)[C@]12OCOC21COCO1. The molecule has 6 aliphatic rings. The van der Waals surface area contributed by atoms with Crippen LogP contribution in [0.5, 0.6) is 0 Å². The van der Waals surface area contributed by atoms with Gasteiger partial charge in [0.1, 0.15) is 12.2 Å². The molecular weight excluding hydrogens is 404 g/mol.